The first-order valence-corrected chi connectivity index (χ1v) is 9.76. The molecule has 2 aliphatic heterocycles. The molecule has 2 aromatic carbocycles. The first-order valence-electron chi connectivity index (χ1n) is 9.76. The van der Waals surface area contributed by atoms with Crippen LogP contribution in [0.3, 0.4) is 0 Å². The second-order valence-corrected chi connectivity index (χ2v) is 7.92. The minimum Gasteiger partial charge on any atom is -0.496 e. The number of rotatable bonds is 3. The molecule has 1 saturated heterocycles. The van der Waals surface area contributed by atoms with E-state index in [1.807, 2.05) is 12.4 Å². The summed E-state index contributed by atoms with van der Waals surface area (Å²) in [6.45, 7) is 6.29. The van der Waals surface area contributed by atoms with E-state index in [0.29, 0.717) is 18.0 Å². The van der Waals surface area contributed by atoms with Gasteiger partial charge in [0.05, 0.1) is 24.5 Å². The van der Waals surface area contributed by atoms with Gasteiger partial charge < -0.3 is 19.9 Å². The van der Waals surface area contributed by atoms with Gasteiger partial charge in [-0.2, -0.15) is 0 Å². The average molecular weight is 362 g/mol. The Morgan fingerprint density at radius 2 is 2.15 bits per heavy atom. The van der Waals surface area contributed by atoms with E-state index >= 15 is 0 Å². The topological polar surface area (TPSA) is 51.1 Å². The Morgan fingerprint density at radius 3 is 2.96 bits per heavy atom. The lowest BCUT2D eigenvalue weighted by atomic mass is 9.84. The van der Waals surface area contributed by atoms with Gasteiger partial charge in [0.1, 0.15) is 5.75 Å². The molecule has 5 nitrogen and oxygen atoms in total. The Labute approximate surface area is 159 Å². The van der Waals surface area contributed by atoms with Gasteiger partial charge in [-0.05, 0) is 67.6 Å². The van der Waals surface area contributed by atoms with Crippen LogP contribution in [0.25, 0.3) is 11.0 Å². The molecule has 5 rings (SSSR count). The predicted molar refractivity (Wildman–Crippen MR) is 109 cm³/mol. The molecule has 27 heavy (non-hydrogen) atoms. The fourth-order valence-corrected chi connectivity index (χ4v) is 4.82. The van der Waals surface area contributed by atoms with Crippen molar-refractivity contribution in [3.05, 3.63) is 53.3 Å². The van der Waals surface area contributed by atoms with Crippen LogP contribution in [0.2, 0.25) is 0 Å². The van der Waals surface area contributed by atoms with Crippen molar-refractivity contribution in [2.75, 3.05) is 19.0 Å². The summed E-state index contributed by atoms with van der Waals surface area (Å²) in [6.07, 6.45) is 3.19. The second-order valence-electron chi connectivity index (χ2n) is 7.92. The van der Waals surface area contributed by atoms with Crippen molar-refractivity contribution in [3.8, 4) is 5.75 Å². The normalized spacial score (nSPS) is 23.7. The molecule has 2 N–H and O–H groups in total. The van der Waals surface area contributed by atoms with Crippen molar-refractivity contribution in [2.45, 2.75) is 38.9 Å². The van der Waals surface area contributed by atoms with Crippen LogP contribution < -0.4 is 15.4 Å². The molecule has 3 heterocycles. The summed E-state index contributed by atoms with van der Waals surface area (Å²) in [4.78, 5) is 4.70. The maximum Gasteiger partial charge on any atom is 0.121 e. The van der Waals surface area contributed by atoms with E-state index in [2.05, 4.69) is 53.3 Å². The van der Waals surface area contributed by atoms with E-state index in [4.69, 9.17) is 9.72 Å². The molecule has 2 aliphatic rings. The standard InChI is InChI=1S/C22H26N4O/c1-13-8-15(4-5-21(13)27-3)11-26-12-24-19-9-17-18(10-20(19)26)25-14(2)16-6-7-23-22(16)17/h4-5,8-10,12,14,16,22-23,25H,6-7,11H2,1-3H3/t14-,16-,22-/m0/s1. The lowest BCUT2D eigenvalue weighted by Gasteiger charge is -2.35. The highest BCUT2D eigenvalue weighted by Gasteiger charge is 2.37. The monoisotopic (exact) mass is 362 g/mol. The summed E-state index contributed by atoms with van der Waals surface area (Å²) in [7, 11) is 1.71. The van der Waals surface area contributed by atoms with Gasteiger partial charge in [0, 0.05) is 24.3 Å². The molecule has 0 bridgehead atoms. The van der Waals surface area contributed by atoms with E-state index in [9.17, 15) is 0 Å². The Hall–Kier alpha value is -2.53. The predicted octanol–water partition coefficient (Wildman–Crippen LogP) is 3.87. The number of ether oxygens (including phenoxy) is 1. The van der Waals surface area contributed by atoms with Gasteiger partial charge in [-0.1, -0.05) is 12.1 Å². The van der Waals surface area contributed by atoms with Crippen LogP contribution in [0.4, 0.5) is 5.69 Å². The third-order valence-corrected chi connectivity index (χ3v) is 6.24. The number of anilines is 1. The van der Waals surface area contributed by atoms with Crippen molar-refractivity contribution in [1.29, 1.82) is 0 Å². The van der Waals surface area contributed by atoms with Crippen molar-refractivity contribution in [2.24, 2.45) is 5.92 Å². The van der Waals surface area contributed by atoms with Crippen LogP contribution in [0.1, 0.15) is 36.1 Å². The number of imidazole rings is 1. The molecule has 1 fully saturated rings. The van der Waals surface area contributed by atoms with Crippen LogP contribution >= 0.6 is 0 Å². The molecule has 3 atom stereocenters. The van der Waals surface area contributed by atoms with Crippen molar-refractivity contribution < 1.29 is 4.74 Å². The quantitative estimate of drug-likeness (QED) is 0.743. The van der Waals surface area contributed by atoms with Crippen LogP contribution in [0.15, 0.2) is 36.7 Å². The minimum absolute atomic E-state index is 0.454. The molecule has 3 aromatic rings. The molecule has 5 heteroatoms. The minimum atomic E-state index is 0.454. The Balaban J connectivity index is 1.52. The number of hydrogen-bond acceptors (Lipinski definition) is 4. The van der Waals surface area contributed by atoms with Gasteiger partial charge in [-0.3, -0.25) is 0 Å². The van der Waals surface area contributed by atoms with E-state index in [0.717, 1.165) is 29.9 Å². The molecule has 1 aromatic heterocycles. The van der Waals surface area contributed by atoms with Crippen molar-refractivity contribution in [1.82, 2.24) is 14.9 Å². The number of nitrogens with zero attached hydrogens (tertiary/aromatic N) is 2. The number of benzene rings is 2. The highest BCUT2D eigenvalue weighted by atomic mass is 16.5. The Kier molecular flexibility index (Phi) is 3.86. The first-order chi connectivity index (χ1) is 13.1. The zero-order valence-electron chi connectivity index (χ0n) is 16.1. The van der Waals surface area contributed by atoms with Gasteiger partial charge >= 0.3 is 0 Å². The van der Waals surface area contributed by atoms with E-state index < -0.39 is 0 Å². The zero-order chi connectivity index (χ0) is 18.5. The number of aryl methyl sites for hydroxylation is 1. The summed E-state index contributed by atoms with van der Waals surface area (Å²) in [5.74, 6) is 1.60. The fraction of sp³-hybridized carbons (Fsp3) is 0.409. The van der Waals surface area contributed by atoms with E-state index in [-0.39, 0.29) is 0 Å². The number of aromatic nitrogens is 2. The van der Waals surface area contributed by atoms with Crippen molar-refractivity contribution in [3.63, 3.8) is 0 Å². The average Bonchev–Trinajstić information content (AvgIpc) is 3.29. The van der Waals surface area contributed by atoms with Crippen LogP contribution in [-0.4, -0.2) is 29.2 Å². The SMILES string of the molecule is COc1ccc(Cn2cnc3cc4c(cc32)N[C@@H](C)[C@@H]2CCN[C@H]42)cc1C. The Bertz CT molecular complexity index is 1010. The highest BCUT2D eigenvalue weighted by molar-refractivity contribution is 5.83. The van der Waals surface area contributed by atoms with Gasteiger partial charge in [0.2, 0.25) is 0 Å². The van der Waals surface area contributed by atoms with Crippen LogP contribution in [-0.2, 0) is 6.54 Å². The lowest BCUT2D eigenvalue weighted by Crippen LogP contribution is -2.35. The molecule has 0 aliphatic carbocycles. The molecule has 140 valence electrons. The number of hydrogen-bond donors (Lipinski definition) is 2. The zero-order valence-corrected chi connectivity index (χ0v) is 16.1. The summed E-state index contributed by atoms with van der Waals surface area (Å²) in [5.41, 5.74) is 7.28. The third kappa shape index (κ3) is 2.69. The number of nitrogens with one attached hydrogen (secondary N) is 2. The van der Waals surface area contributed by atoms with Crippen molar-refractivity contribution >= 4 is 16.7 Å². The molecule has 0 amide bonds. The summed E-state index contributed by atoms with van der Waals surface area (Å²) < 4.78 is 7.61. The molecular weight excluding hydrogens is 336 g/mol. The fourth-order valence-electron chi connectivity index (χ4n) is 4.82. The molecule has 0 spiro atoms. The van der Waals surface area contributed by atoms with Crippen LogP contribution in [0, 0.1) is 12.8 Å². The largest absolute Gasteiger partial charge is 0.496 e. The Morgan fingerprint density at radius 1 is 1.26 bits per heavy atom. The van der Waals surface area contributed by atoms with Gasteiger partial charge in [0.15, 0.2) is 0 Å². The first kappa shape index (κ1) is 16.6. The lowest BCUT2D eigenvalue weighted by molar-refractivity contribution is 0.401. The molecule has 0 saturated carbocycles. The summed E-state index contributed by atoms with van der Waals surface area (Å²) in [5, 5.41) is 7.42. The number of fused-ring (bicyclic) bond motifs is 4. The van der Waals surface area contributed by atoms with E-state index in [1.165, 1.54) is 28.8 Å². The molecule has 0 unspecified atom stereocenters. The van der Waals surface area contributed by atoms with Gasteiger partial charge in [0.25, 0.3) is 0 Å². The molecule has 0 radical (unpaired) electrons. The number of methoxy groups -OCH3 is 1. The van der Waals surface area contributed by atoms with Crippen LogP contribution in [0.5, 0.6) is 5.75 Å². The van der Waals surface area contributed by atoms with Gasteiger partial charge in [-0.15, -0.1) is 0 Å². The summed E-state index contributed by atoms with van der Waals surface area (Å²) in [6, 6.07) is 11.9. The maximum absolute atomic E-state index is 5.38. The second kappa shape index (κ2) is 6.27. The van der Waals surface area contributed by atoms with Gasteiger partial charge in [-0.25, -0.2) is 4.98 Å². The highest BCUT2D eigenvalue weighted by Crippen LogP contribution is 2.42. The smallest absolute Gasteiger partial charge is 0.121 e. The summed E-state index contributed by atoms with van der Waals surface area (Å²) >= 11 is 0. The third-order valence-electron chi connectivity index (χ3n) is 6.24. The van der Waals surface area contributed by atoms with E-state index in [1.54, 1.807) is 7.11 Å². The maximum atomic E-state index is 5.38. The molecular formula is C22H26N4O.